The van der Waals surface area contributed by atoms with Gasteiger partial charge in [-0.1, -0.05) is 41.8 Å². The Bertz CT molecular complexity index is 548. The molecule has 0 fully saturated rings. The molecule has 0 aliphatic carbocycles. The molecular weight excluding hydrogens is 314 g/mol. The second-order valence-corrected chi connectivity index (χ2v) is 5.97. The molecule has 0 spiro atoms. The van der Waals surface area contributed by atoms with Crippen LogP contribution in [0.5, 0.6) is 0 Å². The van der Waals surface area contributed by atoms with E-state index < -0.39 is 0 Å². The van der Waals surface area contributed by atoms with Gasteiger partial charge in [-0.15, -0.1) is 0 Å². The molecule has 0 amide bonds. The SMILES string of the molecule is CCCCCNCc1ccc(-c2ccc(Br)c(C)c2)o1. The van der Waals surface area contributed by atoms with Gasteiger partial charge in [-0.2, -0.15) is 0 Å². The van der Waals surface area contributed by atoms with E-state index in [1.54, 1.807) is 0 Å². The van der Waals surface area contributed by atoms with Gasteiger partial charge < -0.3 is 9.73 Å². The normalized spacial score (nSPS) is 10.9. The molecule has 0 saturated heterocycles. The Balaban J connectivity index is 1.93. The van der Waals surface area contributed by atoms with Gasteiger partial charge in [0.25, 0.3) is 0 Å². The monoisotopic (exact) mass is 335 g/mol. The van der Waals surface area contributed by atoms with Crippen molar-refractivity contribution in [1.82, 2.24) is 5.32 Å². The first-order valence-corrected chi connectivity index (χ1v) is 8.06. The highest BCUT2D eigenvalue weighted by molar-refractivity contribution is 9.10. The maximum absolute atomic E-state index is 5.89. The van der Waals surface area contributed by atoms with Gasteiger partial charge in [0.15, 0.2) is 0 Å². The summed E-state index contributed by atoms with van der Waals surface area (Å²) in [5.74, 6) is 1.93. The highest BCUT2D eigenvalue weighted by atomic mass is 79.9. The van der Waals surface area contributed by atoms with Crippen molar-refractivity contribution in [2.75, 3.05) is 6.54 Å². The lowest BCUT2D eigenvalue weighted by Gasteiger charge is -2.03. The highest BCUT2D eigenvalue weighted by Crippen LogP contribution is 2.26. The number of benzene rings is 1. The molecule has 1 N–H and O–H groups in total. The van der Waals surface area contributed by atoms with Crippen molar-refractivity contribution in [2.24, 2.45) is 0 Å². The summed E-state index contributed by atoms with van der Waals surface area (Å²) in [4.78, 5) is 0. The molecule has 2 rings (SSSR count). The van der Waals surface area contributed by atoms with E-state index in [9.17, 15) is 0 Å². The average molecular weight is 336 g/mol. The van der Waals surface area contributed by atoms with Crippen molar-refractivity contribution in [3.63, 3.8) is 0 Å². The fourth-order valence-electron chi connectivity index (χ4n) is 2.14. The minimum Gasteiger partial charge on any atom is -0.460 e. The zero-order valence-corrected chi connectivity index (χ0v) is 13.8. The smallest absolute Gasteiger partial charge is 0.134 e. The molecule has 0 aliphatic heterocycles. The molecule has 20 heavy (non-hydrogen) atoms. The molecule has 2 aromatic rings. The summed E-state index contributed by atoms with van der Waals surface area (Å²) in [6.07, 6.45) is 3.78. The third kappa shape index (κ3) is 4.22. The summed E-state index contributed by atoms with van der Waals surface area (Å²) in [7, 11) is 0. The van der Waals surface area contributed by atoms with Gasteiger partial charge in [0, 0.05) is 10.0 Å². The average Bonchev–Trinajstić information content (AvgIpc) is 2.90. The first-order valence-electron chi connectivity index (χ1n) is 7.26. The lowest BCUT2D eigenvalue weighted by atomic mass is 10.1. The highest BCUT2D eigenvalue weighted by Gasteiger charge is 2.06. The lowest BCUT2D eigenvalue weighted by molar-refractivity contribution is 0.488. The van der Waals surface area contributed by atoms with E-state index in [0.29, 0.717) is 0 Å². The van der Waals surface area contributed by atoms with Crippen molar-refractivity contribution in [2.45, 2.75) is 39.7 Å². The Morgan fingerprint density at radius 3 is 2.75 bits per heavy atom. The van der Waals surface area contributed by atoms with Crippen LogP contribution in [0.25, 0.3) is 11.3 Å². The zero-order valence-electron chi connectivity index (χ0n) is 12.2. The Morgan fingerprint density at radius 1 is 1.15 bits per heavy atom. The second-order valence-electron chi connectivity index (χ2n) is 5.11. The van der Waals surface area contributed by atoms with Crippen molar-refractivity contribution in [3.8, 4) is 11.3 Å². The summed E-state index contributed by atoms with van der Waals surface area (Å²) in [6.45, 7) is 6.17. The van der Waals surface area contributed by atoms with Crippen molar-refractivity contribution in [3.05, 3.63) is 46.1 Å². The van der Waals surface area contributed by atoms with Crippen LogP contribution >= 0.6 is 15.9 Å². The Hall–Kier alpha value is -1.06. The fraction of sp³-hybridized carbons (Fsp3) is 0.412. The molecule has 1 aromatic heterocycles. The molecule has 1 aromatic carbocycles. The molecule has 108 valence electrons. The molecule has 0 bridgehead atoms. The van der Waals surface area contributed by atoms with Crippen LogP contribution in [0.1, 0.15) is 37.5 Å². The van der Waals surface area contributed by atoms with Crippen LogP contribution in [0.2, 0.25) is 0 Å². The van der Waals surface area contributed by atoms with Gasteiger partial charge in [-0.05, 0) is 49.7 Å². The first-order chi connectivity index (χ1) is 9.70. The number of hydrogen-bond acceptors (Lipinski definition) is 2. The van der Waals surface area contributed by atoms with Crippen molar-refractivity contribution < 1.29 is 4.42 Å². The van der Waals surface area contributed by atoms with Crippen LogP contribution in [0, 0.1) is 6.92 Å². The van der Waals surface area contributed by atoms with Crippen molar-refractivity contribution >= 4 is 15.9 Å². The Kier molecular flexibility index (Phi) is 5.86. The topological polar surface area (TPSA) is 25.2 Å². The standard InChI is InChI=1S/C17H22BrNO/c1-3-4-5-10-19-12-15-7-9-17(20-15)14-6-8-16(18)13(2)11-14/h6-9,11,19H,3-5,10,12H2,1-2H3. The molecule has 0 atom stereocenters. The summed E-state index contributed by atoms with van der Waals surface area (Å²) < 4.78 is 7.02. The number of unbranched alkanes of at least 4 members (excludes halogenated alkanes) is 2. The van der Waals surface area contributed by atoms with E-state index in [1.165, 1.54) is 24.8 Å². The largest absolute Gasteiger partial charge is 0.460 e. The van der Waals surface area contributed by atoms with E-state index in [1.807, 2.05) is 6.07 Å². The predicted molar refractivity (Wildman–Crippen MR) is 87.8 cm³/mol. The molecule has 3 heteroatoms. The van der Waals surface area contributed by atoms with E-state index in [0.717, 1.165) is 34.6 Å². The number of rotatable bonds is 7. The van der Waals surface area contributed by atoms with Crippen LogP contribution in [0.4, 0.5) is 0 Å². The van der Waals surface area contributed by atoms with Crippen LogP contribution in [-0.2, 0) is 6.54 Å². The Morgan fingerprint density at radius 2 is 2.00 bits per heavy atom. The van der Waals surface area contributed by atoms with Gasteiger partial charge in [0.05, 0.1) is 6.54 Å². The zero-order chi connectivity index (χ0) is 14.4. The van der Waals surface area contributed by atoms with E-state index in [-0.39, 0.29) is 0 Å². The molecule has 0 radical (unpaired) electrons. The molecule has 1 heterocycles. The lowest BCUT2D eigenvalue weighted by Crippen LogP contribution is -2.13. The van der Waals surface area contributed by atoms with Crippen LogP contribution in [0.3, 0.4) is 0 Å². The third-order valence-corrected chi connectivity index (χ3v) is 4.25. The van der Waals surface area contributed by atoms with E-state index >= 15 is 0 Å². The van der Waals surface area contributed by atoms with E-state index in [4.69, 9.17) is 4.42 Å². The molecule has 0 saturated carbocycles. The predicted octanol–water partition coefficient (Wildman–Crippen LogP) is 5.30. The summed E-state index contributed by atoms with van der Waals surface area (Å²) in [6, 6.07) is 10.4. The maximum Gasteiger partial charge on any atom is 0.134 e. The molecule has 0 aliphatic rings. The minimum atomic E-state index is 0.805. The van der Waals surface area contributed by atoms with Gasteiger partial charge >= 0.3 is 0 Å². The Labute approximate surface area is 129 Å². The second kappa shape index (κ2) is 7.65. The van der Waals surface area contributed by atoms with Crippen LogP contribution in [0.15, 0.2) is 39.2 Å². The number of halogens is 1. The fourth-order valence-corrected chi connectivity index (χ4v) is 2.38. The molecular formula is C17H22BrNO. The van der Waals surface area contributed by atoms with E-state index in [2.05, 4.69) is 59.4 Å². The molecule has 0 unspecified atom stereocenters. The summed E-state index contributed by atoms with van der Waals surface area (Å²) in [5, 5.41) is 3.42. The van der Waals surface area contributed by atoms with Crippen LogP contribution in [-0.4, -0.2) is 6.54 Å². The van der Waals surface area contributed by atoms with Gasteiger partial charge in [-0.3, -0.25) is 0 Å². The number of hydrogen-bond donors (Lipinski definition) is 1. The summed E-state index contributed by atoms with van der Waals surface area (Å²) in [5.41, 5.74) is 2.35. The van der Waals surface area contributed by atoms with Gasteiger partial charge in [0.2, 0.25) is 0 Å². The minimum absolute atomic E-state index is 0.805. The van der Waals surface area contributed by atoms with Crippen LogP contribution < -0.4 is 5.32 Å². The van der Waals surface area contributed by atoms with Crippen molar-refractivity contribution in [1.29, 1.82) is 0 Å². The van der Waals surface area contributed by atoms with Gasteiger partial charge in [0.1, 0.15) is 11.5 Å². The number of nitrogens with one attached hydrogen (secondary N) is 1. The third-order valence-electron chi connectivity index (χ3n) is 3.36. The quantitative estimate of drug-likeness (QED) is 0.694. The summed E-state index contributed by atoms with van der Waals surface area (Å²) >= 11 is 3.52. The van der Waals surface area contributed by atoms with Gasteiger partial charge in [-0.25, -0.2) is 0 Å². The number of aryl methyl sites for hydroxylation is 1. The maximum atomic E-state index is 5.89. The first kappa shape index (κ1) is 15.3. The number of furan rings is 1. The molecule has 2 nitrogen and oxygen atoms in total.